The van der Waals surface area contributed by atoms with Gasteiger partial charge in [0.05, 0.1) is 6.07 Å². The van der Waals surface area contributed by atoms with Crippen molar-refractivity contribution in [2.45, 2.75) is 44.9 Å². The molecule has 0 aliphatic heterocycles. The lowest BCUT2D eigenvalue weighted by molar-refractivity contribution is 0.631. The zero-order chi connectivity index (χ0) is 8.36. The molecule has 0 radical (unpaired) electrons. The molecule has 0 spiro atoms. The fraction of sp³-hybridized carbons (Fsp3) is 0.778. The molecule has 0 rings (SSSR count). The topological polar surface area (TPSA) is 23.8 Å². The minimum absolute atomic E-state index is 0.715. The Bertz CT molecular complexity index is 126. The highest BCUT2D eigenvalue weighted by Crippen LogP contribution is 2.05. The first-order valence-electron chi connectivity index (χ1n) is 4.22. The van der Waals surface area contributed by atoms with Crippen LogP contribution in [0.2, 0.25) is 0 Å². The van der Waals surface area contributed by atoms with Crippen LogP contribution in [0.5, 0.6) is 0 Å². The van der Waals surface area contributed by atoms with E-state index < -0.39 is 0 Å². The molecular formula is C9H15NS. The molecule has 0 heterocycles. The van der Waals surface area contributed by atoms with E-state index in [2.05, 4.69) is 6.07 Å². The van der Waals surface area contributed by atoms with E-state index >= 15 is 0 Å². The second-order valence-corrected chi connectivity index (χ2v) is 2.96. The summed E-state index contributed by atoms with van der Waals surface area (Å²) in [4.78, 5) is 0. The van der Waals surface area contributed by atoms with Gasteiger partial charge >= 0.3 is 0 Å². The van der Waals surface area contributed by atoms with E-state index in [1.165, 1.54) is 25.7 Å². The zero-order valence-electron chi connectivity index (χ0n) is 6.88. The SMILES string of the molecule is N#CCCCCCCCC=S. The molecule has 62 valence electrons. The highest BCUT2D eigenvalue weighted by molar-refractivity contribution is 7.78. The number of thiocarbonyl (C=S) groups is 1. The van der Waals surface area contributed by atoms with Crippen molar-refractivity contribution < 1.29 is 0 Å². The summed E-state index contributed by atoms with van der Waals surface area (Å²) in [7, 11) is 0. The largest absolute Gasteiger partial charge is 0.198 e. The Labute approximate surface area is 74.4 Å². The molecule has 0 atom stereocenters. The molecule has 2 heteroatoms. The maximum Gasteiger partial charge on any atom is 0.0621 e. The quantitative estimate of drug-likeness (QED) is 0.431. The van der Waals surface area contributed by atoms with Gasteiger partial charge in [0.25, 0.3) is 0 Å². The highest BCUT2D eigenvalue weighted by atomic mass is 32.1. The molecule has 0 amide bonds. The average Bonchev–Trinajstić information content (AvgIpc) is 2.03. The van der Waals surface area contributed by atoms with Crippen LogP contribution in [0.4, 0.5) is 0 Å². The van der Waals surface area contributed by atoms with E-state index in [4.69, 9.17) is 17.5 Å². The van der Waals surface area contributed by atoms with Gasteiger partial charge in [-0.05, 0) is 24.6 Å². The van der Waals surface area contributed by atoms with Gasteiger partial charge in [-0.25, -0.2) is 0 Å². The zero-order valence-corrected chi connectivity index (χ0v) is 7.70. The van der Waals surface area contributed by atoms with Crippen LogP contribution < -0.4 is 0 Å². The fourth-order valence-corrected chi connectivity index (χ4v) is 1.13. The van der Waals surface area contributed by atoms with Crippen LogP contribution in [0.15, 0.2) is 0 Å². The van der Waals surface area contributed by atoms with E-state index in [-0.39, 0.29) is 0 Å². The highest BCUT2D eigenvalue weighted by Gasteiger charge is 1.88. The summed E-state index contributed by atoms with van der Waals surface area (Å²) in [5, 5.41) is 10.0. The van der Waals surface area contributed by atoms with E-state index in [1.807, 2.05) is 0 Å². The Balaban J connectivity index is 2.80. The minimum atomic E-state index is 0.715. The van der Waals surface area contributed by atoms with Crippen LogP contribution in [0.3, 0.4) is 0 Å². The molecule has 0 aliphatic rings. The molecule has 0 saturated carbocycles. The molecule has 0 aromatic heterocycles. The fourth-order valence-electron chi connectivity index (χ4n) is 0.962. The predicted octanol–water partition coefficient (Wildman–Crippen LogP) is 3.24. The Morgan fingerprint density at radius 2 is 1.73 bits per heavy atom. The third kappa shape index (κ3) is 9.58. The van der Waals surface area contributed by atoms with Crippen LogP contribution in [0, 0.1) is 11.3 Å². The lowest BCUT2D eigenvalue weighted by Crippen LogP contribution is -1.79. The summed E-state index contributed by atoms with van der Waals surface area (Å²) >= 11 is 4.70. The first-order valence-corrected chi connectivity index (χ1v) is 4.69. The molecular weight excluding hydrogens is 154 g/mol. The van der Waals surface area contributed by atoms with Crippen LogP contribution in [-0.2, 0) is 0 Å². The molecule has 0 aliphatic carbocycles. The normalized spacial score (nSPS) is 9.00. The van der Waals surface area contributed by atoms with Crippen LogP contribution in [-0.4, -0.2) is 5.37 Å². The van der Waals surface area contributed by atoms with Crippen LogP contribution in [0.1, 0.15) is 44.9 Å². The maximum absolute atomic E-state index is 8.24. The summed E-state index contributed by atoms with van der Waals surface area (Å²) < 4.78 is 0. The van der Waals surface area contributed by atoms with E-state index in [0.717, 1.165) is 12.8 Å². The second kappa shape index (κ2) is 9.58. The molecule has 0 unspecified atom stereocenters. The van der Waals surface area contributed by atoms with Gasteiger partial charge in [-0.3, -0.25) is 0 Å². The van der Waals surface area contributed by atoms with E-state index in [1.54, 1.807) is 5.37 Å². The van der Waals surface area contributed by atoms with Gasteiger partial charge in [0.1, 0.15) is 0 Å². The number of nitrogens with zero attached hydrogens (tertiary/aromatic N) is 1. The van der Waals surface area contributed by atoms with Gasteiger partial charge in [0.2, 0.25) is 0 Å². The van der Waals surface area contributed by atoms with Crippen molar-refractivity contribution in [1.29, 1.82) is 5.26 Å². The Hall–Kier alpha value is -0.420. The predicted molar refractivity (Wildman–Crippen MR) is 51.6 cm³/mol. The summed E-state index contributed by atoms with van der Waals surface area (Å²) in [6.07, 6.45) is 7.78. The molecule has 0 fully saturated rings. The van der Waals surface area contributed by atoms with Crippen molar-refractivity contribution in [3.63, 3.8) is 0 Å². The molecule has 11 heavy (non-hydrogen) atoms. The van der Waals surface area contributed by atoms with Crippen molar-refractivity contribution in [3.8, 4) is 6.07 Å². The Morgan fingerprint density at radius 3 is 2.36 bits per heavy atom. The van der Waals surface area contributed by atoms with Crippen molar-refractivity contribution in [3.05, 3.63) is 0 Å². The molecule has 1 nitrogen and oxygen atoms in total. The number of hydrogen-bond donors (Lipinski definition) is 0. The lowest BCUT2D eigenvalue weighted by atomic mass is 10.1. The van der Waals surface area contributed by atoms with Crippen LogP contribution in [0.25, 0.3) is 0 Å². The number of nitriles is 1. The van der Waals surface area contributed by atoms with Gasteiger partial charge in [-0.15, -0.1) is 0 Å². The third-order valence-corrected chi connectivity index (χ3v) is 1.85. The van der Waals surface area contributed by atoms with Gasteiger partial charge in [-0.2, -0.15) is 5.26 Å². The molecule has 0 aromatic carbocycles. The standard InChI is InChI=1S/C9H15NS/c10-8-6-4-2-1-3-5-7-9-11/h9H,1-7H2. The Kier molecular flexibility index (Phi) is 9.21. The monoisotopic (exact) mass is 169 g/mol. The smallest absolute Gasteiger partial charge is 0.0621 e. The minimum Gasteiger partial charge on any atom is -0.198 e. The van der Waals surface area contributed by atoms with Crippen molar-refractivity contribution in [1.82, 2.24) is 0 Å². The molecule has 0 N–H and O–H groups in total. The summed E-state index contributed by atoms with van der Waals surface area (Å²) in [6, 6.07) is 2.15. The summed E-state index contributed by atoms with van der Waals surface area (Å²) in [5.41, 5.74) is 0. The first-order chi connectivity index (χ1) is 5.41. The average molecular weight is 169 g/mol. The van der Waals surface area contributed by atoms with E-state index in [0.29, 0.717) is 6.42 Å². The van der Waals surface area contributed by atoms with Crippen molar-refractivity contribution >= 4 is 17.6 Å². The lowest BCUT2D eigenvalue weighted by Gasteiger charge is -1.95. The van der Waals surface area contributed by atoms with Crippen molar-refractivity contribution in [2.75, 3.05) is 0 Å². The maximum atomic E-state index is 8.24. The van der Waals surface area contributed by atoms with Gasteiger partial charge in [0, 0.05) is 6.42 Å². The number of rotatable bonds is 7. The first kappa shape index (κ1) is 10.6. The van der Waals surface area contributed by atoms with Gasteiger partial charge < -0.3 is 0 Å². The molecule has 0 bridgehead atoms. The Morgan fingerprint density at radius 1 is 1.09 bits per heavy atom. The van der Waals surface area contributed by atoms with Gasteiger partial charge in [-0.1, -0.05) is 31.5 Å². The second-order valence-electron chi connectivity index (χ2n) is 2.63. The molecule has 0 aromatic rings. The number of unbranched alkanes of at least 4 members (excludes halogenated alkanes) is 6. The third-order valence-electron chi connectivity index (χ3n) is 1.61. The number of hydrogen-bond acceptors (Lipinski definition) is 2. The van der Waals surface area contributed by atoms with Crippen LogP contribution >= 0.6 is 12.2 Å². The van der Waals surface area contributed by atoms with Crippen molar-refractivity contribution in [2.24, 2.45) is 0 Å². The summed E-state index contributed by atoms with van der Waals surface area (Å²) in [5.74, 6) is 0. The van der Waals surface area contributed by atoms with Gasteiger partial charge in [0.15, 0.2) is 0 Å². The summed E-state index contributed by atoms with van der Waals surface area (Å²) in [6.45, 7) is 0. The molecule has 0 saturated heterocycles. The van der Waals surface area contributed by atoms with E-state index in [9.17, 15) is 0 Å².